The van der Waals surface area contributed by atoms with Crippen LogP contribution >= 0.6 is 0 Å². The van der Waals surface area contributed by atoms with Crippen LogP contribution in [0.1, 0.15) is 11.9 Å². The van der Waals surface area contributed by atoms with Crippen LogP contribution in [0.4, 0.5) is 0 Å². The van der Waals surface area contributed by atoms with Crippen molar-refractivity contribution < 1.29 is 11.9 Å². The van der Waals surface area contributed by atoms with Crippen LogP contribution in [0.2, 0.25) is 0 Å². The molecule has 0 aliphatic carbocycles. The van der Waals surface area contributed by atoms with Crippen LogP contribution in [-0.2, 0) is 0 Å². The van der Waals surface area contributed by atoms with Crippen molar-refractivity contribution in [3.63, 3.8) is 0 Å². The number of hydrogen-bond acceptors (Lipinski definition) is 4. The Bertz CT molecular complexity index is 982. The Morgan fingerprint density at radius 1 is 0.263 bits per heavy atom. The van der Waals surface area contributed by atoms with Gasteiger partial charge in [-0.05, 0) is 157 Å². The highest BCUT2D eigenvalue weighted by Gasteiger charge is 1.71. The molecule has 0 aromatic rings. The average Bonchev–Trinajstić information content (AvgIpc) is 3.12. The van der Waals surface area contributed by atoms with E-state index in [2.05, 4.69) is 189 Å². The molecule has 0 spiro atoms. The summed E-state index contributed by atoms with van der Waals surface area (Å²) in [6.07, 6.45) is 0. The number of nitrogens with zero attached hydrogens (tertiary/aromatic N) is 34. The van der Waals surface area contributed by atoms with E-state index in [9.17, 15) is 0 Å². The second-order valence-corrected chi connectivity index (χ2v) is 3.11. The van der Waals surface area contributed by atoms with E-state index in [1.165, 1.54) is 0 Å². The van der Waals surface area contributed by atoms with E-state index < -0.39 is 0 Å². The molecule has 0 aromatic heterocycles. The van der Waals surface area contributed by atoms with Gasteiger partial charge in [-0.1, -0.05) is 10.4 Å². The zero-order valence-electron chi connectivity index (χ0n) is 25.4. The van der Waals surface area contributed by atoms with Gasteiger partial charge >= 0.3 is 0 Å². The molecule has 38 heavy (non-hydrogen) atoms. The maximum Gasteiger partial charge on any atom is 0 e. The Hall–Kier alpha value is -7.60. The minimum Gasteiger partial charge on any atom is -0.303 e. The van der Waals surface area contributed by atoms with Crippen molar-refractivity contribution in [3.8, 4) is 0 Å². The van der Waals surface area contributed by atoms with E-state index in [0.29, 0.717) is 0 Å². The molecule has 0 rings (SSSR count). The predicted octanol–water partition coefficient (Wildman–Crippen LogP) is 6.64. The van der Waals surface area contributed by atoms with E-state index in [4.69, 9.17) is 22.9 Å². The second-order valence-electron chi connectivity index (χ2n) is 3.11. The summed E-state index contributed by atoms with van der Waals surface area (Å²) in [7, 11) is 0. The lowest BCUT2D eigenvalue weighted by Crippen LogP contribution is -1.70. The molecule has 0 amide bonds. The molecule has 0 aromatic carbocycles. The van der Waals surface area contributed by atoms with Gasteiger partial charge in [-0.25, -0.2) is 0 Å². The molecule has 0 saturated carbocycles. The van der Waals surface area contributed by atoms with Crippen LogP contribution in [0, 0.1) is 11.1 Å². The van der Waals surface area contributed by atoms with Gasteiger partial charge < -0.3 is 11.7 Å². The highest BCUT2D eigenvalue weighted by molar-refractivity contribution is 4.14. The van der Waals surface area contributed by atoms with Crippen LogP contribution in [-0.4, -0.2) is 0 Å². The highest BCUT2D eigenvalue weighted by atomic mass is 15.7. The van der Waals surface area contributed by atoms with Crippen molar-refractivity contribution in [1.29, 1.82) is 11.1 Å². The zero-order chi connectivity index (χ0) is 36.0. The first-order chi connectivity index (χ1) is 22.8. The maximum absolute atomic E-state index is 6.18. The fraction of sp³-hybridized carbons (Fsp3) is 0. The lowest BCUT2D eigenvalue weighted by Gasteiger charge is -1.69. The third-order valence-electron chi connectivity index (χ3n) is 1.31. The summed E-state index contributed by atoms with van der Waals surface area (Å²) < 4.78 is 40.0. The first-order valence-electron chi connectivity index (χ1n) is 11.4. The first-order valence-corrected chi connectivity index (χ1v) is 7.36. The molecule has 0 fully saturated rings. The van der Waals surface area contributed by atoms with Gasteiger partial charge in [0.1, 0.15) is 0 Å². The number of rotatable bonds is 16. The molecule has 0 atom stereocenters. The zero-order valence-corrected chi connectivity index (χ0v) is 17.4. The second kappa shape index (κ2) is 34.0. The van der Waals surface area contributed by atoms with Crippen molar-refractivity contribution in [1.82, 2.24) is 0 Å². The topological polar surface area (TPSA) is 520 Å². The Morgan fingerprint density at radius 3 is 0.526 bits per heavy atom. The van der Waals surface area contributed by atoms with Crippen molar-refractivity contribution >= 4 is 0 Å². The predicted molar refractivity (Wildman–Crippen MR) is 105 cm³/mol. The molecule has 6 N–H and O–H groups in total. The van der Waals surface area contributed by atoms with Gasteiger partial charge in [0.05, 0.1) is 0 Å². The monoisotopic (exact) mass is 562 g/mol. The number of hydrogen-bond donors (Lipinski definition) is 4. The Kier molecular flexibility index (Phi) is 22.4. The van der Waals surface area contributed by atoms with E-state index in [-0.39, 0.29) is 0 Å². The lowest BCUT2D eigenvalue weighted by molar-refractivity contribution is 0.739. The summed E-state index contributed by atoms with van der Waals surface area (Å²) >= 11 is 0. The van der Waals surface area contributed by atoms with Gasteiger partial charge in [0.2, 0.25) is 0 Å². The lowest BCUT2D eigenvalue weighted by atomic mass is 12.3. The van der Waals surface area contributed by atoms with E-state index >= 15 is 0 Å². The smallest absolute Gasteiger partial charge is 0 e. The van der Waals surface area contributed by atoms with Crippen molar-refractivity contribution in [2.45, 2.75) is 0 Å². The van der Waals surface area contributed by atoms with Gasteiger partial charge in [-0.2, -0.15) is 11.1 Å². The third-order valence-corrected chi connectivity index (χ3v) is 1.31. The molecular formula is H14N38. The quantitative estimate of drug-likeness (QED) is 0.0911. The molecule has 38 heteroatoms. The summed E-state index contributed by atoms with van der Waals surface area (Å²) in [5.41, 5.74) is 12.4. The molecule has 0 aliphatic rings. The van der Waals surface area contributed by atoms with E-state index in [1.807, 2.05) is 0 Å². The number of nitrogens with one attached hydrogen (secondary N) is 2. The highest BCUT2D eigenvalue weighted by Crippen LogP contribution is 1.90. The summed E-state index contributed by atoms with van der Waals surface area (Å²) in [5.74, 6) is 9.18. The molecule has 0 radical (unpaired) electrons. The third kappa shape index (κ3) is 35.8. The summed E-state index contributed by atoms with van der Waals surface area (Å²) in [6, 6.07) is 0. The van der Waals surface area contributed by atoms with Crippen LogP contribution in [0.15, 0.2) is 178 Å². The van der Waals surface area contributed by atoms with Crippen molar-refractivity contribution in [3.05, 3.63) is 0 Å². The average molecular weight is 562 g/mol. The first kappa shape index (κ1) is 25.0. The molecule has 38 nitrogen and oxygen atoms in total. The van der Waals surface area contributed by atoms with Gasteiger partial charge in [-0.15, -0.1) is 0 Å². The molecule has 0 heterocycles. The normalized spacial score (nSPS) is 14.9. The largest absolute Gasteiger partial charge is 0.303 e. The minimum absolute atomic E-state index is 2.50. The summed E-state index contributed by atoms with van der Waals surface area (Å²) in [4.78, 5) is 0. The van der Waals surface area contributed by atoms with Crippen molar-refractivity contribution in [2.75, 3.05) is 0 Å². The fourth-order valence-electron chi connectivity index (χ4n) is 0.551. The van der Waals surface area contributed by atoms with Crippen molar-refractivity contribution in [2.24, 2.45) is 189 Å². The van der Waals surface area contributed by atoms with Crippen LogP contribution in [0.5, 0.6) is 0 Å². The van der Waals surface area contributed by atoms with Crippen LogP contribution < -0.4 is 11.7 Å². The number of nitrogens with two attached hydrogens (primary N) is 2. The Balaban J connectivity index is -0.000000142. The van der Waals surface area contributed by atoms with E-state index in [0.717, 1.165) is 0 Å². The van der Waals surface area contributed by atoms with Gasteiger partial charge in [0, 0.05) is 22.3 Å². The molecule has 0 aliphatic heterocycles. The van der Waals surface area contributed by atoms with Gasteiger partial charge in [-0.3, -0.25) is 0 Å². The molecule has 0 bridgehead atoms. The Morgan fingerprint density at radius 2 is 0.395 bits per heavy atom. The standard InChI is InChI=1S/2H3N19.4H2/c2*1-3-5-7-9-11-13-15-17-19-18-16-14-12-10-8-6-4-2;;;;/h2*(H3,1,2,5,6,9,10,13,14,17,18);4*1H/i;;4*1+2T. The fourth-order valence-corrected chi connectivity index (χ4v) is 0.551. The molecule has 204 valence electrons. The summed E-state index contributed by atoms with van der Waals surface area (Å²) in [6.45, 7) is 0. The SMILES string of the molecule is N=N/N=N/N=N/N=N/N=N/N=N/N=N/N=N/N=N/N.N=N/N=N/N=N/N=N/N=N/N=N/N=N/N=N/N=N/N.[3H][3H].[3H][3H].[3H][3H].[3H][3H]. The Labute approximate surface area is 213 Å². The van der Waals surface area contributed by atoms with Gasteiger partial charge in [0.25, 0.3) is 0 Å². The maximum atomic E-state index is 6.18. The molecular weight excluding hydrogens is 532 g/mol. The molecule has 0 unspecified atom stereocenters. The van der Waals surface area contributed by atoms with Crippen LogP contribution in [0.25, 0.3) is 0 Å². The minimum atomic E-state index is 2.50. The summed E-state index contributed by atoms with van der Waals surface area (Å²) in [5, 5.41) is 98.5. The van der Waals surface area contributed by atoms with Crippen LogP contribution in [0.3, 0.4) is 0 Å². The van der Waals surface area contributed by atoms with E-state index in [1.54, 1.807) is 0 Å². The molecule has 0 saturated heterocycles. The van der Waals surface area contributed by atoms with Gasteiger partial charge in [0.15, 0.2) is 0 Å².